The van der Waals surface area contributed by atoms with Crippen molar-refractivity contribution in [1.29, 1.82) is 0 Å². The van der Waals surface area contributed by atoms with Crippen molar-refractivity contribution in [3.63, 3.8) is 0 Å². The third-order valence-corrected chi connectivity index (χ3v) is 5.63. The minimum atomic E-state index is -0.0970. The first kappa shape index (κ1) is 25.2. The predicted octanol–water partition coefficient (Wildman–Crippen LogP) is 6.19. The van der Waals surface area contributed by atoms with E-state index in [9.17, 15) is 4.79 Å². The van der Waals surface area contributed by atoms with Crippen LogP contribution in [0.5, 0.6) is 0 Å². The maximum absolute atomic E-state index is 11.3. The summed E-state index contributed by atoms with van der Waals surface area (Å²) >= 11 is 0. The van der Waals surface area contributed by atoms with Crippen LogP contribution in [-0.4, -0.2) is 36.7 Å². The largest absolute Gasteiger partial charge is 0.466 e. The molecule has 3 nitrogen and oxygen atoms in total. The molecular weight excluding hydrogens is 322 g/mol. The molecule has 0 heterocycles. The molecule has 1 unspecified atom stereocenters. The molecule has 0 radical (unpaired) electrons. The molecule has 0 rings (SSSR count). The van der Waals surface area contributed by atoms with Crippen molar-refractivity contribution in [2.45, 2.75) is 88.0 Å². The third kappa shape index (κ3) is 9.21. The van der Waals surface area contributed by atoms with E-state index in [1.54, 1.807) is 0 Å². The van der Waals surface area contributed by atoms with Gasteiger partial charge < -0.3 is 4.74 Å². The van der Waals surface area contributed by atoms with Gasteiger partial charge in [0.25, 0.3) is 0 Å². The van der Waals surface area contributed by atoms with E-state index in [-0.39, 0.29) is 16.8 Å². The van der Waals surface area contributed by atoms with E-state index in [2.05, 4.69) is 62.0 Å². The Labute approximate surface area is 163 Å². The van der Waals surface area contributed by atoms with Crippen molar-refractivity contribution in [2.75, 3.05) is 26.2 Å². The van der Waals surface area contributed by atoms with Crippen LogP contribution >= 0.6 is 0 Å². The number of hydrogen-bond acceptors (Lipinski definition) is 2. The van der Waals surface area contributed by atoms with Crippen LogP contribution in [0.1, 0.15) is 88.0 Å². The standard InChI is InChI=1S/C23H46NO2/c1-11-21(25)26-16-14-23(9,10)18-22(7,8)13-15-24(12-2,20(5)6)17-19(3)4/h19H,5,11-18H2,1-4,6-10H3/q+1. The molecule has 0 saturated heterocycles. The lowest BCUT2D eigenvalue weighted by Crippen LogP contribution is -2.50. The number of rotatable bonds is 13. The molecule has 0 aromatic carbocycles. The SMILES string of the molecule is C=C(C)[N+](CC)(CCC(C)(C)CC(C)(C)CCOC(=O)CC)CC(C)C. The van der Waals surface area contributed by atoms with Crippen molar-refractivity contribution in [3.05, 3.63) is 12.3 Å². The predicted molar refractivity (Wildman–Crippen MR) is 113 cm³/mol. The van der Waals surface area contributed by atoms with E-state index >= 15 is 0 Å². The van der Waals surface area contributed by atoms with Gasteiger partial charge >= 0.3 is 5.97 Å². The minimum Gasteiger partial charge on any atom is -0.466 e. The molecule has 0 aliphatic carbocycles. The summed E-state index contributed by atoms with van der Waals surface area (Å²) in [6, 6.07) is 0. The summed E-state index contributed by atoms with van der Waals surface area (Å²) < 4.78 is 6.32. The van der Waals surface area contributed by atoms with Gasteiger partial charge in [-0.25, -0.2) is 0 Å². The van der Waals surface area contributed by atoms with Crippen molar-refractivity contribution >= 4 is 5.97 Å². The van der Waals surface area contributed by atoms with Gasteiger partial charge in [-0.3, -0.25) is 9.28 Å². The highest BCUT2D eigenvalue weighted by atomic mass is 16.5. The normalized spacial score (nSPS) is 15.0. The van der Waals surface area contributed by atoms with Gasteiger partial charge in [0.05, 0.1) is 31.9 Å². The Morgan fingerprint density at radius 3 is 2.04 bits per heavy atom. The van der Waals surface area contributed by atoms with Crippen molar-refractivity contribution in [1.82, 2.24) is 0 Å². The zero-order valence-corrected chi connectivity index (χ0v) is 19.2. The minimum absolute atomic E-state index is 0.0970. The Morgan fingerprint density at radius 2 is 1.62 bits per heavy atom. The van der Waals surface area contributed by atoms with Gasteiger partial charge in [-0.05, 0) is 37.2 Å². The molecule has 0 aliphatic heterocycles. The molecule has 0 saturated carbocycles. The second-order valence-corrected chi connectivity index (χ2v) is 10.1. The Kier molecular flexibility index (Phi) is 10.2. The van der Waals surface area contributed by atoms with E-state index in [0.29, 0.717) is 18.9 Å². The molecule has 0 amide bonds. The summed E-state index contributed by atoms with van der Waals surface area (Å²) in [5, 5.41) is 0. The number of carbonyl (C=O) groups excluding carboxylic acids is 1. The van der Waals surface area contributed by atoms with E-state index in [0.717, 1.165) is 37.0 Å². The quantitative estimate of drug-likeness (QED) is 0.286. The van der Waals surface area contributed by atoms with Crippen LogP contribution < -0.4 is 0 Å². The van der Waals surface area contributed by atoms with Gasteiger partial charge in [0.2, 0.25) is 0 Å². The van der Waals surface area contributed by atoms with Gasteiger partial charge in [-0.15, -0.1) is 0 Å². The summed E-state index contributed by atoms with van der Waals surface area (Å²) in [6.07, 6.45) is 3.69. The Morgan fingerprint density at radius 1 is 1.08 bits per heavy atom. The van der Waals surface area contributed by atoms with Crippen LogP contribution in [0.15, 0.2) is 12.3 Å². The first-order valence-corrected chi connectivity index (χ1v) is 10.5. The zero-order valence-electron chi connectivity index (χ0n) is 19.2. The zero-order chi connectivity index (χ0) is 20.6. The Bertz CT molecular complexity index is 451. The van der Waals surface area contributed by atoms with Gasteiger partial charge in [0.15, 0.2) is 0 Å². The highest BCUT2D eigenvalue weighted by Gasteiger charge is 2.34. The van der Waals surface area contributed by atoms with Crippen molar-refractivity contribution < 1.29 is 14.0 Å². The molecule has 0 N–H and O–H groups in total. The van der Waals surface area contributed by atoms with Gasteiger partial charge in [-0.1, -0.05) is 48.5 Å². The van der Waals surface area contributed by atoms with Gasteiger partial charge in [-0.2, -0.15) is 0 Å². The highest BCUT2D eigenvalue weighted by molar-refractivity contribution is 5.68. The van der Waals surface area contributed by atoms with E-state index in [1.165, 1.54) is 12.1 Å². The Balaban J connectivity index is 4.83. The number of nitrogens with zero attached hydrogens (tertiary/aromatic N) is 1. The molecule has 26 heavy (non-hydrogen) atoms. The van der Waals surface area contributed by atoms with Crippen LogP contribution in [-0.2, 0) is 9.53 Å². The molecule has 3 heteroatoms. The molecular formula is C23H46NO2+. The van der Waals surface area contributed by atoms with Crippen LogP contribution in [0.25, 0.3) is 0 Å². The highest BCUT2D eigenvalue weighted by Crippen LogP contribution is 2.39. The third-order valence-electron chi connectivity index (χ3n) is 5.63. The molecule has 0 aromatic rings. The van der Waals surface area contributed by atoms with Crippen molar-refractivity contribution in [2.24, 2.45) is 16.7 Å². The molecule has 0 aromatic heterocycles. The number of esters is 1. The fraction of sp³-hybridized carbons (Fsp3) is 0.870. The molecule has 0 spiro atoms. The fourth-order valence-electron chi connectivity index (χ4n) is 4.23. The second-order valence-electron chi connectivity index (χ2n) is 10.1. The number of ether oxygens (including phenoxy) is 1. The molecule has 0 fully saturated rings. The molecule has 0 aliphatic rings. The number of carbonyl (C=O) groups is 1. The number of allylic oxidation sites excluding steroid dienone is 1. The average Bonchev–Trinajstić information content (AvgIpc) is 2.49. The van der Waals surface area contributed by atoms with Gasteiger partial charge in [0.1, 0.15) is 0 Å². The topological polar surface area (TPSA) is 26.3 Å². The lowest BCUT2D eigenvalue weighted by atomic mass is 9.72. The summed E-state index contributed by atoms with van der Waals surface area (Å²) in [5.74, 6) is 0.569. The first-order chi connectivity index (χ1) is 11.8. The summed E-state index contributed by atoms with van der Waals surface area (Å²) in [7, 11) is 0. The maximum Gasteiger partial charge on any atom is 0.305 e. The second kappa shape index (κ2) is 10.5. The van der Waals surface area contributed by atoms with Crippen LogP contribution in [0, 0.1) is 16.7 Å². The van der Waals surface area contributed by atoms with Crippen LogP contribution in [0.3, 0.4) is 0 Å². The number of quaternary nitrogens is 1. The molecule has 154 valence electrons. The summed E-state index contributed by atoms with van der Waals surface area (Å²) in [6.45, 7) is 28.5. The average molecular weight is 369 g/mol. The monoisotopic (exact) mass is 368 g/mol. The van der Waals surface area contributed by atoms with Crippen LogP contribution in [0.2, 0.25) is 0 Å². The van der Waals surface area contributed by atoms with Crippen LogP contribution in [0.4, 0.5) is 0 Å². The molecule has 1 atom stereocenters. The fourth-order valence-corrected chi connectivity index (χ4v) is 4.23. The van der Waals surface area contributed by atoms with E-state index in [1.807, 2.05) is 6.92 Å². The van der Waals surface area contributed by atoms with E-state index < -0.39 is 0 Å². The number of hydrogen-bond donors (Lipinski definition) is 0. The Hall–Kier alpha value is -0.830. The maximum atomic E-state index is 11.3. The molecule has 0 bridgehead atoms. The van der Waals surface area contributed by atoms with E-state index in [4.69, 9.17) is 4.74 Å². The first-order valence-electron chi connectivity index (χ1n) is 10.5. The summed E-state index contributed by atoms with van der Waals surface area (Å²) in [4.78, 5) is 11.3. The van der Waals surface area contributed by atoms with Gasteiger partial charge in [0, 0.05) is 25.7 Å². The lowest BCUT2D eigenvalue weighted by Gasteiger charge is -2.42. The lowest BCUT2D eigenvalue weighted by molar-refractivity contribution is -0.894. The van der Waals surface area contributed by atoms with Crippen molar-refractivity contribution in [3.8, 4) is 0 Å². The summed E-state index contributed by atoms with van der Waals surface area (Å²) in [5.41, 5.74) is 1.70. The smallest absolute Gasteiger partial charge is 0.305 e.